The molecule has 8 heteroatoms. The highest BCUT2D eigenvalue weighted by Crippen LogP contribution is 2.20. The lowest BCUT2D eigenvalue weighted by Gasteiger charge is -2.11. The highest BCUT2D eigenvalue weighted by atomic mass is 32.2. The Bertz CT molecular complexity index is 788. The number of nitrogens with one attached hydrogen (secondary N) is 3. The number of rotatable bonds is 6. The van der Waals surface area contributed by atoms with Gasteiger partial charge in [-0.05, 0) is 67.7 Å². The molecule has 3 N–H and O–H groups in total. The van der Waals surface area contributed by atoms with E-state index in [0.717, 1.165) is 0 Å². The Hall–Kier alpha value is -2.32. The molecule has 0 fully saturated rings. The normalized spacial score (nSPS) is 10.8. The minimum absolute atomic E-state index is 0.164. The third-order valence-electron chi connectivity index (χ3n) is 3.07. The molecule has 0 spiro atoms. The van der Waals surface area contributed by atoms with Gasteiger partial charge in [-0.2, -0.15) is 0 Å². The second-order valence-electron chi connectivity index (χ2n) is 4.79. The Morgan fingerprint density at radius 3 is 2.17 bits per heavy atom. The molecular weight excluding hydrogens is 346 g/mol. The van der Waals surface area contributed by atoms with Gasteiger partial charge >= 0.3 is 0 Å². The monoisotopic (exact) mass is 365 g/mol. The van der Waals surface area contributed by atoms with Gasteiger partial charge in [0.2, 0.25) is 0 Å². The second kappa shape index (κ2) is 7.98. The van der Waals surface area contributed by atoms with Gasteiger partial charge in [-0.25, -0.2) is 8.42 Å². The number of anilines is 2. The van der Waals surface area contributed by atoms with Crippen LogP contribution in [0.25, 0.3) is 0 Å². The molecule has 6 nitrogen and oxygen atoms in total. The van der Waals surface area contributed by atoms with Crippen LogP contribution in [0.1, 0.15) is 6.92 Å². The third-order valence-corrected chi connectivity index (χ3v) is 4.77. The Balaban J connectivity index is 2.10. The van der Waals surface area contributed by atoms with Crippen LogP contribution in [0.3, 0.4) is 0 Å². The molecule has 2 rings (SSSR count). The SMILES string of the molecule is CCOc1ccc(NS(=O)(=O)c2ccc(NC(=S)NC)cc2)cc1. The number of sulfonamides is 1. The molecule has 0 saturated carbocycles. The van der Waals surface area contributed by atoms with Crippen molar-refractivity contribution >= 4 is 38.7 Å². The van der Waals surface area contributed by atoms with Crippen LogP contribution >= 0.6 is 12.2 Å². The van der Waals surface area contributed by atoms with E-state index in [2.05, 4.69) is 15.4 Å². The van der Waals surface area contributed by atoms with Crippen LogP contribution < -0.4 is 20.1 Å². The summed E-state index contributed by atoms with van der Waals surface area (Å²) < 4.78 is 32.7. The van der Waals surface area contributed by atoms with E-state index in [4.69, 9.17) is 17.0 Å². The first-order valence-electron chi connectivity index (χ1n) is 7.29. The van der Waals surface area contributed by atoms with Crippen LogP contribution in [0.15, 0.2) is 53.4 Å². The number of benzene rings is 2. The Morgan fingerprint density at radius 2 is 1.62 bits per heavy atom. The molecule has 0 aromatic heterocycles. The van der Waals surface area contributed by atoms with Crippen LogP contribution in [0.4, 0.5) is 11.4 Å². The summed E-state index contributed by atoms with van der Waals surface area (Å²) in [6.07, 6.45) is 0. The molecule has 0 radical (unpaired) electrons. The van der Waals surface area contributed by atoms with Crippen molar-refractivity contribution in [1.29, 1.82) is 0 Å². The quantitative estimate of drug-likeness (QED) is 0.683. The highest BCUT2D eigenvalue weighted by Gasteiger charge is 2.14. The van der Waals surface area contributed by atoms with E-state index < -0.39 is 10.0 Å². The van der Waals surface area contributed by atoms with E-state index in [1.54, 1.807) is 43.4 Å². The van der Waals surface area contributed by atoms with Crippen molar-refractivity contribution in [2.45, 2.75) is 11.8 Å². The minimum atomic E-state index is -3.66. The van der Waals surface area contributed by atoms with Gasteiger partial charge in [0.05, 0.1) is 11.5 Å². The fraction of sp³-hybridized carbons (Fsp3) is 0.188. The van der Waals surface area contributed by atoms with Gasteiger partial charge < -0.3 is 15.4 Å². The summed E-state index contributed by atoms with van der Waals surface area (Å²) in [5.74, 6) is 0.691. The lowest BCUT2D eigenvalue weighted by atomic mass is 10.3. The second-order valence-corrected chi connectivity index (χ2v) is 6.88. The predicted octanol–water partition coefficient (Wildman–Crippen LogP) is 2.80. The average molecular weight is 365 g/mol. The molecular formula is C16H19N3O3S2. The van der Waals surface area contributed by atoms with Crippen molar-refractivity contribution in [3.8, 4) is 5.75 Å². The Labute approximate surface area is 147 Å². The van der Waals surface area contributed by atoms with Gasteiger partial charge in [-0.1, -0.05) is 0 Å². The van der Waals surface area contributed by atoms with Crippen molar-refractivity contribution < 1.29 is 13.2 Å². The minimum Gasteiger partial charge on any atom is -0.494 e. The molecule has 0 aliphatic heterocycles. The largest absolute Gasteiger partial charge is 0.494 e. The van der Waals surface area contributed by atoms with Crippen LogP contribution in [-0.4, -0.2) is 27.2 Å². The predicted molar refractivity (Wildman–Crippen MR) is 100 cm³/mol. The summed E-state index contributed by atoms with van der Waals surface area (Å²) in [5, 5.41) is 6.17. The van der Waals surface area contributed by atoms with Crippen LogP contribution in [0.2, 0.25) is 0 Å². The van der Waals surface area contributed by atoms with Crippen molar-refractivity contribution in [2.75, 3.05) is 23.7 Å². The summed E-state index contributed by atoms with van der Waals surface area (Å²) in [6.45, 7) is 2.45. The summed E-state index contributed by atoms with van der Waals surface area (Å²) in [7, 11) is -1.95. The maximum absolute atomic E-state index is 12.4. The van der Waals surface area contributed by atoms with E-state index in [-0.39, 0.29) is 4.90 Å². The zero-order valence-electron chi connectivity index (χ0n) is 13.4. The number of thiocarbonyl (C=S) groups is 1. The maximum Gasteiger partial charge on any atom is 0.261 e. The zero-order chi connectivity index (χ0) is 17.6. The zero-order valence-corrected chi connectivity index (χ0v) is 15.0. The lowest BCUT2D eigenvalue weighted by molar-refractivity contribution is 0.340. The summed E-state index contributed by atoms with van der Waals surface area (Å²) in [4.78, 5) is 0.164. The summed E-state index contributed by atoms with van der Waals surface area (Å²) in [5.41, 5.74) is 1.17. The number of hydrogen-bond donors (Lipinski definition) is 3. The van der Waals surface area contributed by atoms with E-state index in [9.17, 15) is 8.42 Å². The van der Waals surface area contributed by atoms with Crippen molar-refractivity contribution in [2.24, 2.45) is 0 Å². The standard InChI is InChI=1S/C16H19N3O3S2/c1-3-22-14-8-4-13(5-9-14)19-24(20,21)15-10-6-12(7-11-15)18-16(23)17-2/h4-11,19H,3H2,1-2H3,(H2,17,18,23). The topological polar surface area (TPSA) is 79.5 Å². The van der Waals surface area contributed by atoms with Gasteiger partial charge in [0.15, 0.2) is 5.11 Å². The van der Waals surface area contributed by atoms with Gasteiger partial charge in [-0.3, -0.25) is 4.72 Å². The molecule has 2 aromatic rings. The summed E-state index contributed by atoms with van der Waals surface area (Å²) in [6, 6.07) is 13.1. The van der Waals surface area contributed by atoms with Crippen molar-refractivity contribution in [3.05, 3.63) is 48.5 Å². The van der Waals surface area contributed by atoms with E-state index in [1.807, 2.05) is 6.92 Å². The van der Waals surface area contributed by atoms with E-state index in [1.165, 1.54) is 12.1 Å². The number of ether oxygens (including phenoxy) is 1. The molecule has 0 unspecified atom stereocenters. The van der Waals surface area contributed by atoms with Gasteiger partial charge in [0.25, 0.3) is 10.0 Å². The molecule has 24 heavy (non-hydrogen) atoms. The van der Waals surface area contributed by atoms with Gasteiger partial charge in [-0.15, -0.1) is 0 Å². The van der Waals surface area contributed by atoms with E-state index in [0.29, 0.717) is 28.8 Å². The Morgan fingerprint density at radius 1 is 1.04 bits per heavy atom. The van der Waals surface area contributed by atoms with Crippen LogP contribution in [-0.2, 0) is 10.0 Å². The van der Waals surface area contributed by atoms with E-state index >= 15 is 0 Å². The lowest BCUT2D eigenvalue weighted by Crippen LogP contribution is -2.24. The molecule has 0 heterocycles. The molecule has 0 atom stereocenters. The first-order valence-corrected chi connectivity index (χ1v) is 9.18. The molecule has 0 saturated heterocycles. The highest BCUT2D eigenvalue weighted by molar-refractivity contribution is 7.92. The molecule has 0 aliphatic carbocycles. The van der Waals surface area contributed by atoms with Crippen LogP contribution in [0.5, 0.6) is 5.75 Å². The molecule has 128 valence electrons. The average Bonchev–Trinajstić information content (AvgIpc) is 2.57. The van der Waals surface area contributed by atoms with Crippen LogP contribution in [0, 0.1) is 0 Å². The molecule has 0 aliphatic rings. The Kier molecular flexibility index (Phi) is 5.99. The summed E-state index contributed by atoms with van der Waals surface area (Å²) >= 11 is 5.00. The molecule has 0 amide bonds. The molecule has 0 bridgehead atoms. The van der Waals surface area contributed by atoms with Gasteiger partial charge in [0, 0.05) is 18.4 Å². The third kappa shape index (κ3) is 4.84. The van der Waals surface area contributed by atoms with Crippen molar-refractivity contribution in [3.63, 3.8) is 0 Å². The first-order chi connectivity index (χ1) is 11.4. The maximum atomic E-state index is 12.4. The first kappa shape index (κ1) is 18.0. The molecule has 2 aromatic carbocycles. The van der Waals surface area contributed by atoms with Gasteiger partial charge in [0.1, 0.15) is 5.75 Å². The smallest absolute Gasteiger partial charge is 0.261 e. The number of hydrogen-bond acceptors (Lipinski definition) is 4. The van der Waals surface area contributed by atoms with Crippen molar-refractivity contribution in [1.82, 2.24) is 5.32 Å². The fourth-order valence-electron chi connectivity index (χ4n) is 1.91. The fourth-order valence-corrected chi connectivity index (χ4v) is 3.09.